The molecule has 0 atom stereocenters. The van der Waals surface area contributed by atoms with Crippen LogP contribution in [0.1, 0.15) is 5.82 Å². The summed E-state index contributed by atoms with van der Waals surface area (Å²) in [5.74, 6) is 4.09. The van der Waals surface area contributed by atoms with E-state index in [0.29, 0.717) is 0 Å². The van der Waals surface area contributed by atoms with Crippen molar-refractivity contribution in [3.8, 4) is 0 Å². The highest BCUT2D eigenvalue weighted by atomic mass is 16.4. The maximum atomic E-state index is 10.0. The van der Waals surface area contributed by atoms with Crippen molar-refractivity contribution in [1.29, 1.82) is 0 Å². The van der Waals surface area contributed by atoms with Crippen molar-refractivity contribution in [2.75, 3.05) is 5.84 Å². The molecule has 0 aliphatic rings. The largest absolute Gasteiger partial charge is 0.481 e. The van der Waals surface area contributed by atoms with Crippen molar-refractivity contribution in [2.45, 2.75) is 6.42 Å². The highest BCUT2D eigenvalue weighted by Crippen LogP contribution is 1.84. The lowest BCUT2D eigenvalue weighted by molar-refractivity contribution is -0.136. The number of aromatic nitrogens is 4. The van der Waals surface area contributed by atoms with Crippen LogP contribution in [0.4, 0.5) is 0 Å². The molecular weight excluding hydrogens is 138 g/mol. The van der Waals surface area contributed by atoms with E-state index >= 15 is 0 Å². The van der Waals surface area contributed by atoms with Gasteiger partial charge in [0.25, 0.3) is 0 Å². The molecule has 1 aromatic rings. The van der Waals surface area contributed by atoms with E-state index < -0.39 is 5.97 Å². The molecule has 0 fully saturated rings. The minimum atomic E-state index is -1.01. The van der Waals surface area contributed by atoms with Crippen LogP contribution in [0.25, 0.3) is 0 Å². The second kappa shape index (κ2) is 2.29. The Labute approximate surface area is 55.4 Å². The van der Waals surface area contributed by atoms with Gasteiger partial charge in [0.2, 0.25) is 0 Å². The van der Waals surface area contributed by atoms with Gasteiger partial charge in [-0.2, -0.15) is 0 Å². The van der Waals surface area contributed by atoms with Gasteiger partial charge < -0.3 is 10.9 Å². The lowest BCUT2D eigenvalue weighted by atomic mass is 10.4. The molecule has 0 aliphatic heterocycles. The smallest absolute Gasteiger partial charge is 0.311 e. The highest BCUT2D eigenvalue weighted by molar-refractivity contribution is 5.68. The van der Waals surface area contributed by atoms with E-state index in [-0.39, 0.29) is 12.2 Å². The second-order valence-corrected chi connectivity index (χ2v) is 1.60. The summed E-state index contributed by atoms with van der Waals surface area (Å²) in [5.41, 5.74) is 0. The molecule has 0 amide bonds. The number of nitrogen functional groups attached to an aromatic ring is 1. The van der Waals surface area contributed by atoms with Crippen LogP contribution in [0, 0.1) is 0 Å². The Hall–Kier alpha value is -1.66. The van der Waals surface area contributed by atoms with Crippen molar-refractivity contribution in [2.24, 2.45) is 0 Å². The molecule has 0 saturated heterocycles. The number of rotatable bonds is 2. The van der Waals surface area contributed by atoms with Crippen molar-refractivity contribution in [3.63, 3.8) is 0 Å². The Kier molecular flexibility index (Phi) is 1.48. The van der Waals surface area contributed by atoms with E-state index in [1.165, 1.54) is 0 Å². The average molecular weight is 143 g/mol. The molecule has 0 bridgehead atoms. The zero-order valence-corrected chi connectivity index (χ0v) is 4.93. The first kappa shape index (κ1) is 6.46. The SMILES string of the molecule is Nn1nnc(CC(=O)O)n1. The normalized spacial score (nSPS) is 9.60. The van der Waals surface area contributed by atoms with E-state index in [1.807, 2.05) is 0 Å². The van der Waals surface area contributed by atoms with Crippen LogP contribution < -0.4 is 5.84 Å². The number of carbonyl (C=O) groups is 1. The van der Waals surface area contributed by atoms with Crippen LogP contribution in [0.3, 0.4) is 0 Å². The van der Waals surface area contributed by atoms with Gasteiger partial charge in [-0.3, -0.25) is 4.79 Å². The van der Waals surface area contributed by atoms with Crippen LogP contribution >= 0.6 is 0 Å². The first-order valence-corrected chi connectivity index (χ1v) is 2.44. The summed E-state index contributed by atoms with van der Waals surface area (Å²) in [7, 11) is 0. The molecule has 1 heterocycles. The second-order valence-electron chi connectivity index (χ2n) is 1.60. The maximum Gasteiger partial charge on any atom is 0.311 e. The van der Waals surface area contributed by atoms with Gasteiger partial charge in [-0.1, -0.05) is 4.91 Å². The zero-order chi connectivity index (χ0) is 7.56. The van der Waals surface area contributed by atoms with Gasteiger partial charge in [-0.15, -0.1) is 10.2 Å². The van der Waals surface area contributed by atoms with Crippen molar-refractivity contribution in [1.82, 2.24) is 20.3 Å². The summed E-state index contributed by atoms with van der Waals surface area (Å²) in [6.07, 6.45) is -0.253. The first-order chi connectivity index (χ1) is 4.68. The topological polar surface area (TPSA) is 107 Å². The van der Waals surface area contributed by atoms with Crippen LogP contribution in [0.15, 0.2) is 0 Å². The van der Waals surface area contributed by atoms with Crippen LogP contribution in [-0.2, 0) is 11.2 Å². The molecule has 1 rings (SSSR count). The van der Waals surface area contributed by atoms with E-state index in [0.717, 1.165) is 4.91 Å². The summed E-state index contributed by atoms with van der Waals surface area (Å²) in [4.78, 5) is 10.7. The predicted octanol–water partition coefficient (Wildman–Crippen LogP) is -1.99. The maximum absolute atomic E-state index is 10.0. The number of carboxylic acid groups (broad SMARTS) is 1. The van der Waals surface area contributed by atoms with Gasteiger partial charge in [0.05, 0.1) is 0 Å². The number of nitrogens with two attached hydrogens (primary N) is 1. The molecule has 1 aromatic heterocycles. The van der Waals surface area contributed by atoms with Crippen LogP contribution in [0.5, 0.6) is 0 Å². The van der Waals surface area contributed by atoms with Gasteiger partial charge in [-0.25, -0.2) is 0 Å². The van der Waals surface area contributed by atoms with Gasteiger partial charge in [0.15, 0.2) is 5.82 Å². The lowest BCUT2D eigenvalue weighted by Gasteiger charge is -1.82. The summed E-state index contributed by atoms with van der Waals surface area (Å²) in [6, 6.07) is 0. The molecule has 10 heavy (non-hydrogen) atoms. The number of tetrazole rings is 1. The summed E-state index contributed by atoms with van der Waals surface area (Å²) < 4.78 is 0. The lowest BCUT2D eigenvalue weighted by Crippen LogP contribution is -2.12. The molecular formula is C3H5N5O2. The van der Waals surface area contributed by atoms with Gasteiger partial charge in [0.1, 0.15) is 6.42 Å². The molecule has 0 aliphatic carbocycles. The van der Waals surface area contributed by atoms with Crippen LogP contribution in [0.2, 0.25) is 0 Å². The third kappa shape index (κ3) is 1.41. The third-order valence-corrected chi connectivity index (χ3v) is 0.779. The Balaban J connectivity index is 2.67. The third-order valence-electron chi connectivity index (χ3n) is 0.779. The van der Waals surface area contributed by atoms with Gasteiger partial charge >= 0.3 is 5.97 Å². The minimum Gasteiger partial charge on any atom is -0.481 e. The molecule has 7 heteroatoms. The molecule has 54 valence electrons. The predicted molar refractivity (Wildman–Crippen MR) is 29.3 cm³/mol. The molecule has 0 unspecified atom stereocenters. The number of hydrogen-bond donors (Lipinski definition) is 2. The standard InChI is InChI=1S/C3H5N5O2/c4-8-6-2(5-7-8)1-3(9)10/h1,4H2,(H,9,10). The molecule has 7 nitrogen and oxygen atoms in total. The van der Waals surface area contributed by atoms with Crippen molar-refractivity contribution in [3.05, 3.63) is 5.82 Å². The van der Waals surface area contributed by atoms with E-state index in [9.17, 15) is 4.79 Å². The Bertz CT molecular complexity index is 243. The average Bonchev–Trinajstić information content (AvgIpc) is 2.13. The molecule has 0 spiro atoms. The first-order valence-electron chi connectivity index (χ1n) is 2.44. The molecule has 0 saturated carbocycles. The summed E-state index contributed by atoms with van der Waals surface area (Å²) >= 11 is 0. The molecule has 0 radical (unpaired) electrons. The van der Waals surface area contributed by atoms with Gasteiger partial charge in [0, 0.05) is 0 Å². The fraction of sp³-hybridized carbons (Fsp3) is 0.333. The number of aliphatic carboxylic acids is 1. The van der Waals surface area contributed by atoms with Crippen molar-refractivity contribution >= 4 is 5.97 Å². The molecule has 3 N–H and O–H groups in total. The van der Waals surface area contributed by atoms with Crippen LogP contribution in [-0.4, -0.2) is 31.4 Å². The fourth-order valence-electron chi connectivity index (χ4n) is 0.462. The fourth-order valence-corrected chi connectivity index (χ4v) is 0.462. The number of hydrogen-bond acceptors (Lipinski definition) is 5. The van der Waals surface area contributed by atoms with E-state index in [4.69, 9.17) is 10.9 Å². The van der Waals surface area contributed by atoms with E-state index in [1.54, 1.807) is 0 Å². The Morgan fingerprint density at radius 2 is 2.50 bits per heavy atom. The quantitative estimate of drug-likeness (QED) is 0.464. The van der Waals surface area contributed by atoms with Crippen molar-refractivity contribution < 1.29 is 9.90 Å². The highest BCUT2D eigenvalue weighted by Gasteiger charge is 2.04. The van der Waals surface area contributed by atoms with E-state index in [2.05, 4.69) is 15.4 Å². The number of nitrogens with zero attached hydrogens (tertiary/aromatic N) is 4. The number of carboxylic acids is 1. The monoisotopic (exact) mass is 143 g/mol. The summed E-state index contributed by atoms with van der Waals surface area (Å²) in [5, 5.41) is 18.3. The molecule has 0 aromatic carbocycles. The van der Waals surface area contributed by atoms with Gasteiger partial charge in [-0.05, 0) is 5.21 Å². The minimum absolute atomic E-state index is 0.106. The Morgan fingerprint density at radius 3 is 2.90 bits per heavy atom. The zero-order valence-electron chi connectivity index (χ0n) is 4.93. The Morgan fingerprint density at radius 1 is 1.80 bits per heavy atom. The summed E-state index contributed by atoms with van der Waals surface area (Å²) in [6.45, 7) is 0.